The van der Waals surface area contributed by atoms with Gasteiger partial charge in [0.2, 0.25) is 21.8 Å². The highest BCUT2D eigenvalue weighted by Gasteiger charge is 2.31. The van der Waals surface area contributed by atoms with Crippen LogP contribution in [0.25, 0.3) is 0 Å². The number of carbonyl (C=O) groups is 2. The van der Waals surface area contributed by atoms with Gasteiger partial charge < -0.3 is 10.2 Å². The summed E-state index contributed by atoms with van der Waals surface area (Å²) in [5.74, 6) is -3.67. The van der Waals surface area contributed by atoms with Crippen LogP contribution in [0.3, 0.4) is 0 Å². The summed E-state index contributed by atoms with van der Waals surface area (Å²) in [6.07, 6.45) is 1.49. The van der Waals surface area contributed by atoms with Gasteiger partial charge >= 0.3 is 0 Å². The van der Waals surface area contributed by atoms with Gasteiger partial charge in [-0.25, -0.2) is 17.2 Å². The fourth-order valence-corrected chi connectivity index (χ4v) is 4.44. The standard InChI is InChI=1S/C22H25Cl2F2N3O4S/c1-4-10-27-22(31)14(2)28(12-16-17(23)6-5-7-18(16)24)21(30)13-29(34(3,32)33)15-8-9-19(25)20(26)11-15/h5-9,11,14H,4,10,12-13H2,1-3H3,(H,27,31). The molecule has 1 N–H and O–H groups in total. The maximum Gasteiger partial charge on any atom is 0.244 e. The van der Waals surface area contributed by atoms with E-state index in [4.69, 9.17) is 23.2 Å². The Morgan fingerprint density at radius 3 is 2.24 bits per heavy atom. The molecule has 0 fully saturated rings. The largest absolute Gasteiger partial charge is 0.354 e. The van der Waals surface area contributed by atoms with Crippen molar-refractivity contribution in [1.29, 1.82) is 0 Å². The number of nitrogens with zero attached hydrogens (tertiary/aromatic N) is 2. The van der Waals surface area contributed by atoms with Crippen LogP contribution in [-0.2, 0) is 26.2 Å². The fraction of sp³-hybridized carbons (Fsp3) is 0.364. The molecule has 186 valence electrons. The number of hydrogen-bond donors (Lipinski definition) is 1. The number of sulfonamides is 1. The zero-order valence-corrected chi connectivity index (χ0v) is 21.1. The Morgan fingerprint density at radius 1 is 1.09 bits per heavy atom. The van der Waals surface area contributed by atoms with Gasteiger partial charge in [0.05, 0.1) is 11.9 Å². The Bertz CT molecular complexity index is 1140. The summed E-state index contributed by atoms with van der Waals surface area (Å²) < 4.78 is 52.6. The average molecular weight is 536 g/mol. The van der Waals surface area contributed by atoms with Crippen molar-refractivity contribution in [2.75, 3.05) is 23.7 Å². The Morgan fingerprint density at radius 2 is 1.71 bits per heavy atom. The number of halogens is 4. The minimum absolute atomic E-state index is 0.187. The first-order chi connectivity index (χ1) is 15.9. The monoisotopic (exact) mass is 535 g/mol. The number of hydrogen-bond acceptors (Lipinski definition) is 4. The highest BCUT2D eigenvalue weighted by molar-refractivity contribution is 7.92. The molecular formula is C22H25Cl2F2N3O4S. The molecule has 34 heavy (non-hydrogen) atoms. The Labute approximate surface area is 207 Å². The number of anilines is 1. The highest BCUT2D eigenvalue weighted by atomic mass is 35.5. The molecule has 0 saturated heterocycles. The molecule has 0 aliphatic rings. The number of rotatable bonds is 10. The van der Waals surface area contributed by atoms with E-state index in [0.29, 0.717) is 28.9 Å². The number of benzene rings is 2. The summed E-state index contributed by atoms with van der Waals surface area (Å²) in [7, 11) is -4.08. The lowest BCUT2D eigenvalue weighted by Crippen LogP contribution is -2.51. The zero-order valence-electron chi connectivity index (χ0n) is 18.8. The molecule has 2 aromatic rings. The van der Waals surface area contributed by atoms with E-state index >= 15 is 0 Å². The van der Waals surface area contributed by atoms with Crippen molar-refractivity contribution >= 4 is 50.7 Å². The summed E-state index contributed by atoms with van der Waals surface area (Å²) in [5, 5.41) is 3.20. The van der Waals surface area contributed by atoms with Gasteiger partial charge in [0.25, 0.3) is 0 Å². The van der Waals surface area contributed by atoms with Crippen LogP contribution in [0.2, 0.25) is 10.0 Å². The first-order valence-corrected chi connectivity index (χ1v) is 12.9. The van der Waals surface area contributed by atoms with E-state index in [2.05, 4.69) is 5.32 Å². The van der Waals surface area contributed by atoms with Crippen LogP contribution in [0.5, 0.6) is 0 Å². The second-order valence-corrected chi connectivity index (χ2v) is 10.3. The summed E-state index contributed by atoms with van der Waals surface area (Å²) in [6, 6.07) is 6.21. The van der Waals surface area contributed by atoms with E-state index in [-0.39, 0.29) is 22.3 Å². The fourth-order valence-electron chi connectivity index (χ4n) is 3.09. The van der Waals surface area contributed by atoms with Crippen LogP contribution in [0.4, 0.5) is 14.5 Å². The Hall–Kier alpha value is -2.43. The predicted molar refractivity (Wildman–Crippen MR) is 128 cm³/mol. The summed E-state index contributed by atoms with van der Waals surface area (Å²) in [6.45, 7) is 2.77. The molecule has 2 aromatic carbocycles. The van der Waals surface area contributed by atoms with Gasteiger partial charge in [-0.05, 0) is 37.6 Å². The molecule has 1 unspecified atom stereocenters. The summed E-state index contributed by atoms with van der Waals surface area (Å²) >= 11 is 12.5. The lowest BCUT2D eigenvalue weighted by atomic mass is 10.1. The van der Waals surface area contributed by atoms with Crippen LogP contribution >= 0.6 is 23.2 Å². The normalized spacial score (nSPS) is 12.2. The van der Waals surface area contributed by atoms with Crippen molar-refractivity contribution in [3.05, 3.63) is 63.6 Å². The van der Waals surface area contributed by atoms with Crippen LogP contribution in [-0.4, -0.2) is 50.5 Å². The first kappa shape index (κ1) is 27.8. The van der Waals surface area contributed by atoms with Crippen molar-refractivity contribution in [2.45, 2.75) is 32.9 Å². The van der Waals surface area contributed by atoms with Gasteiger partial charge in [-0.3, -0.25) is 13.9 Å². The molecule has 0 radical (unpaired) electrons. The van der Waals surface area contributed by atoms with Gasteiger partial charge in [0.15, 0.2) is 11.6 Å². The first-order valence-electron chi connectivity index (χ1n) is 10.3. The molecule has 7 nitrogen and oxygen atoms in total. The molecule has 12 heteroatoms. The van der Waals surface area contributed by atoms with Crippen molar-refractivity contribution in [1.82, 2.24) is 10.2 Å². The van der Waals surface area contributed by atoms with E-state index in [1.807, 2.05) is 6.92 Å². The van der Waals surface area contributed by atoms with Crippen LogP contribution in [0.1, 0.15) is 25.8 Å². The van der Waals surface area contributed by atoms with E-state index < -0.39 is 46.1 Å². The van der Waals surface area contributed by atoms with Crippen molar-refractivity contribution in [3.8, 4) is 0 Å². The second kappa shape index (κ2) is 11.8. The third-order valence-corrected chi connectivity index (χ3v) is 6.83. The summed E-state index contributed by atoms with van der Waals surface area (Å²) in [5.41, 5.74) is 0.127. The Kier molecular flexibility index (Phi) is 9.66. The zero-order chi connectivity index (χ0) is 25.6. The van der Waals surface area contributed by atoms with Gasteiger partial charge in [-0.1, -0.05) is 36.2 Å². The lowest BCUT2D eigenvalue weighted by molar-refractivity contribution is -0.139. The maximum absolute atomic E-state index is 13.8. The molecule has 0 aliphatic heterocycles. The predicted octanol–water partition coefficient (Wildman–Crippen LogP) is 3.98. The van der Waals surface area contributed by atoms with Gasteiger partial charge in [0.1, 0.15) is 12.6 Å². The quantitative estimate of drug-likeness (QED) is 0.498. The molecule has 0 saturated carbocycles. The molecule has 0 aromatic heterocycles. The van der Waals surface area contributed by atoms with Crippen LogP contribution in [0, 0.1) is 11.6 Å². The number of nitrogens with one attached hydrogen (secondary N) is 1. The van der Waals surface area contributed by atoms with Crippen LogP contribution in [0.15, 0.2) is 36.4 Å². The van der Waals surface area contributed by atoms with E-state index in [0.717, 1.165) is 23.3 Å². The smallest absolute Gasteiger partial charge is 0.244 e. The molecule has 0 bridgehead atoms. The van der Waals surface area contributed by atoms with Crippen LogP contribution < -0.4 is 9.62 Å². The third-order valence-electron chi connectivity index (χ3n) is 4.98. The van der Waals surface area contributed by atoms with E-state index in [1.54, 1.807) is 18.2 Å². The summed E-state index contributed by atoms with van der Waals surface area (Å²) in [4.78, 5) is 27.1. The maximum atomic E-state index is 13.8. The molecule has 0 spiro atoms. The van der Waals surface area contributed by atoms with Gasteiger partial charge in [0, 0.05) is 34.8 Å². The number of amides is 2. The van der Waals surface area contributed by atoms with Gasteiger partial charge in [-0.2, -0.15) is 0 Å². The van der Waals surface area contributed by atoms with Crippen molar-refractivity contribution in [3.63, 3.8) is 0 Å². The third kappa shape index (κ3) is 7.04. The molecule has 0 heterocycles. The molecule has 2 amide bonds. The van der Waals surface area contributed by atoms with Crippen molar-refractivity contribution in [2.24, 2.45) is 0 Å². The van der Waals surface area contributed by atoms with Crippen molar-refractivity contribution < 1.29 is 26.8 Å². The highest BCUT2D eigenvalue weighted by Crippen LogP contribution is 2.27. The lowest BCUT2D eigenvalue weighted by Gasteiger charge is -2.32. The minimum Gasteiger partial charge on any atom is -0.354 e. The molecule has 2 rings (SSSR count). The molecule has 0 aliphatic carbocycles. The van der Waals surface area contributed by atoms with Gasteiger partial charge in [-0.15, -0.1) is 0 Å². The SMILES string of the molecule is CCCNC(=O)C(C)N(Cc1c(Cl)cccc1Cl)C(=O)CN(c1ccc(F)c(F)c1)S(C)(=O)=O. The average Bonchev–Trinajstić information content (AvgIpc) is 2.76. The Balaban J connectivity index is 2.45. The topological polar surface area (TPSA) is 86.8 Å². The second-order valence-electron chi connectivity index (χ2n) is 7.56. The van der Waals surface area contributed by atoms with E-state index in [9.17, 15) is 26.8 Å². The molecular weight excluding hydrogens is 511 g/mol. The number of carbonyl (C=O) groups excluding carboxylic acids is 2. The van der Waals surface area contributed by atoms with E-state index in [1.165, 1.54) is 6.92 Å². The molecule has 1 atom stereocenters. The minimum atomic E-state index is -4.08.